The maximum Gasteiger partial charge on any atom is 0.253 e. The van der Waals surface area contributed by atoms with Crippen LogP contribution in [0.5, 0.6) is 0 Å². The molecule has 0 saturated heterocycles. The van der Waals surface area contributed by atoms with Crippen molar-refractivity contribution in [2.45, 2.75) is 26.2 Å². The van der Waals surface area contributed by atoms with Gasteiger partial charge in [0.05, 0.1) is 13.0 Å². The molecule has 3 heteroatoms. The summed E-state index contributed by atoms with van der Waals surface area (Å²) in [5.41, 5.74) is 1.05. The molecule has 1 aromatic rings. The summed E-state index contributed by atoms with van der Waals surface area (Å²) in [5.74, 6) is 0.168. The summed E-state index contributed by atoms with van der Waals surface area (Å²) >= 11 is 0. The summed E-state index contributed by atoms with van der Waals surface area (Å²) in [4.78, 5) is 17.3. The highest BCUT2D eigenvalue weighted by Crippen LogP contribution is 2.28. The first-order valence-electron chi connectivity index (χ1n) is 5.98. The van der Waals surface area contributed by atoms with E-state index in [1.807, 2.05) is 30.3 Å². The van der Waals surface area contributed by atoms with Crippen LogP contribution in [0.1, 0.15) is 31.7 Å². The minimum Gasteiger partial charge on any atom is -0.275 e. The van der Waals surface area contributed by atoms with Crippen LogP contribution in [0.15, 0.2) is 30.3 Å². The molecule has 94 valence electrons. The standard InChI is InChI=1S/C14H21NO2/c1-5-11(2)13(14(16)15(3)17-4)12-9-7-6-8-10-12/h6-11,13H,5H2,1-4H3. The van der Waals surface area contributed by atoms with E-state index in [2.05, 4.69) is 13.8 Å². The molecule has 0 saturated carbocycles. The van der Waals surface area contributed by atoms with Crippen LogP contribution in [0.25, 0.3) is 0 Å². The zero-order chi connectivity index (χ0) is 12.8. The van der Waals surface area contributed by atoms with E-state index in [0.29, 0.717) is 5.92 Å². The fourth-order valence-corrected chi connectivity index (χ4v) is 1.90. The maximum absolute atomic E-state index is 12.3. The van der Waals surface area contributed by atoms with E-state index in [-0.39, 0.29) is 11.8 Å². The molecule has 1 amide bonds. The molecule has 0 aliphatic carbocycles. The lowest BCUT2D eigenvalue weighted by molar-refractivity contribution is -0.171. The molecule has 0 radical (unpaired) electrons. The van der Waals surface area contributed by atoms with Crippen molar-refractivity contribution >= 4 is 5.91 Å². The van der Waals surface area contributed by atoms with Crippen molar-refractivity contribution in [1.82, 2.24) is 5.06 Å². The number of rotatable bonds is 5. The average Bonchev–Trinajstić information content (AvgIpc) is 2.38. The van der Waals surface area contributed by atoms with Crippen molar-refractivity contribution in [2.75, 3.05) is 14.2 Å². The topological polar surface area (TPSA) is 29.5 Å². The second-order valence-electron chi connectivity index (χ2n) is 4.29. The summed E-state index contributed by atoms with van der Waals surface area (Å²) in [7, 11) is 3.16. The molecule has 0 N–H and O–H groups in total. The number of benzene rings is 1. The third-order valence-corrected chi connectivity index (χ3v) is 3.22. The Kier molecular flexibility index (Phi) is 5.16. The Hall–Kier alpha value is -1.35. The third-order valence-electron chi connectivity index (χ3n) is 3.22. The fourth-order valence-electron chi connectivity index (χ4n) is 1.90. The van der Waals surface area contributed by atoms with Crippen LogP contribution in [-0.4, -0.2) is 25.1 Å². The third kappa shape index (κ3) is 3.30. The van der Waals surface area contributed by atoms with E-state index in [9.17, 15) is 4.79 Å². The van der Waals surface area contributed by atoms with E-state index in [1.165, 1.54) is 12.2 Å². The van der Waals surface area contributed by atoms with Crippen molar-refractivity contribution in [3.8, 4) is 0 Å². The Morgan fingerprint density at radius 2 is 1.94 bits per heavy atom. The molecule has 1 rings (SSSR count). The van der Waals surface area contributed by atoms with Crippen molar-refractivity contribution in [3.05, 3.63) is 35.9 Å². The zero-order valence-electron chi connectivity index (χ0n) is 11.0. The summed E-state index contributed by atoms with van der Waals surface area (Å²) in [6, 6.07) is 9.88. The van der Waals surface area contributed by atoms with Crippen LogP contribution in [0, 0.1) is 5.92 Å². The highest BCUT2D eigenvalue weighted by atomic mass is 16.7. The number of hydrogen-bond acceptors (Lipinski definition) is 2. The molecule has 0 aliphatic heterocycles. The van der Waals surface area contributed by atoms with Crippen molar-refractivity contribution in [1.29, 1.82) is 0 Å². The summed E-state index contributed by atoms with van der Waals surface area (Å²) in [5, 5.41) is 1.31. The number of carbonyl (C=O) groups is 1. The number of hydroxylamine groups is 2. The molecule has 0 aliphatic rings. The number of carbonyl (C=O) groups excluding carboxylic acids is 1. The first kappa shape index (κ1) is 13.7. The van der Waals surface area contributed by atoms with Crippen LogP contribution in [0.4, 0.5) is 0 Å². The highest BCUT2D eigenvalue weighted by Gasteiger charge is 2.28. The van der Waals surface area contributed by atoms with E-state index in [0.717, 1.165) is 12.0 Å². The van der Waals surface area contributed by atoms with Gasteiger partial charge in [-0.15, -0.1) is 0 Å². The van der Waals surface area contributed by atoms with Crippen LogP contribution in [-0.2, 0) is 9.63 Å². The van der Waals surface area contributed by atoms with E-state index in [1.54, 1.807) is 7.05 Å². The molecule has 1 aromatic carbocycles. The molecule has 0 heterocycles. The molecular formula is C14H21NO2. The van der Waals surface area contributed by atoms with Gasteiger partial charge in [-0.1, -0.05) is 50.6 Å². The highest BCUT2D eigenvalue weighted by molar-refractivity contribution is 5.83. The van der Waals surface area contributed by atoms with E-state index in [4.69, 9.17) is 4.84 Å². The van der Waals surface area contributed by atoms with Crippen molar-refractivity contribution < 1.29 is 9.63 Å². The number of likely N-dealkylation sites (N-methyl/N-ethyl adjacent to an activating group) is 1. The first-order chi connectivity index (χ1) is 8.11. The van der Waals surface area contributed by atoms with Gasteiger partial charge in [-0.3, -0.25) is 9.63 Å². The Morgan fingerprint density at radius 3 is 2.41 bits per heavy atom. The predicted octanol–water partition coefficient (Wildman–Crippen LogP) is 2.84. The normalized spacial score (nSPS) is 14.1. The van der Waals surface area contributed by atoms with Crippen LogP contribution < -0.4 is 0 Å². The van der Waals surface area contributed by atoms with Crippen LogP contribution in [0.3, 0.4) is 0 Å². The Bertz CT molecular complexity index is 350. The molecule has 3 nitrogen and oxygen atoms in total. The zero-order valence-corrected chi connectivity index (χ0v) is 11.0. The molecule has 2 unspecified atom stereocenters. The number of amides is 1. The second kappa shape index (κ2) is 6.40. The monoisotopic (exact) mass is 235 g/mol. The van der Waals surface area contributed by atoms with E-state index >= 15 is 0 Å². The largest absolute Gasteiger partial charge is 0.275 e. The van der Waals surface area contributed by atoms with Crippen LogP contribution in [0.2, 0.25) is 0 Å². The van der Waals surface area contributed by atoms with E-state index < -0.39 is 0 Å². The molecule has 0 fully saturated rings. The lowest BCUT2D eigenvalue weighted by Crippen LogP contribution is -2.33. The van der Waals surface area contributed by atoms with Crippen LogP contribution >= 0.6 is 0 Å². The number of nitrogens with zero attached hydrogens (tertiary/aromatic N) is 1. The lowest BCUT2D eigenvalue weighted by atomic mass is 9.85. The van der Waals surface area contributed by atoms with Gasteiger partial charge < -0.3 is 0 Å². The van der Waals surface area contributed by atoms with Gasteiger partial charge in [-0.05, 0) is 11.5 Å². The van der Waals surface area contributed by atoms with Gasteiger partial charge in [0.1, 0.15) is 0 Å². The van der Waals surface area contributed by atoms with Gasteiger partial charge in [0.2, 0.25) is 0 Å². The van der Waals surface area contributed by atoms with Gasteiger partial charge in [-0.2, -0.15) is 0 Å². The maximum atomic E-state index is 12.3. The Morgan fingerprint density at radius 1 is 1.35 bits per heavy atom. The molecule has 2 atom stereocenters. The second-order valence-corrected chi connectivity index (χ2v) is 4.29. The summed E-state index contributed by atoms with van der Waals surface area (Å²) in [6.45, 7) is 4.19. The Labute approximate surface area is 103 Å². The van der Waals surface area contributed by atoms with Crippen molar-refractivity contribution in [3.63, 3.8) is 0 Å². The quantitative estimate of drug-likeness (QED) is 0.734. The molecule has 17 heavy (non-hydrogen) atoms. The summed E-state index contributed by atoms with van der Waals surface area (Å²) < 4.78 is 0. The first-order valence-corrected chi connectivity index (χ1v) is 5.98. The minimum absolute atomic E-state index is 0.00745. The molecular weight excluding hydrogens is 214 g/mol. The number of hydrogen-bond donors (Lipinski definition) is 0. The fraction of sp³-hybridized carbons (Fsp3) is 0.500. The SMILES string of the molecule is CCC(C)C(C(=O)N(C)OC)c1ccccc1. The van der Waals surface area contributed by atoms with Gasteiger partial charge in [-0.25, -0.2) is 5.06 Å². The van der Waals surface area contributed by atoms with Crippen molar-refractivity contribution in [2.24, 2.45) is 5.92 Å². The minimum atomic E-state index is -0.133. The predicted molar refractivity (Wildman–Crippen MR) is 68.4 cm³/mol. The van der Waals surface area contributed by atoms with Gasteiger partial charge in [0, 0.05) is 7.05 Å². The van der Waals surface area contributed by atoms with Gasteiger partial charge in [0.25, 0.3) is 5.91 Å². The Balaban J connectivity index is 3.01. The van der Waals surface area contributed by atoms with Gasteiger partial charge >= 0.3 is 0 Å². The molecule has 0 bridgehead atoms. The molecule has 0 spiro atoms. The smallest absolute Gasteiger partial charge is 0.253 e. The molecule has 0 aromatic heterocycles. The van der Waals surface area contributed by atoms with Gasteiger partial charge in [0.15, 0.2) is 0 Å². The lowest BCUT2D eigenvalue weighted by Gasteiger charge is -2.26. The average molecular weight is 235 g/mol. The summed E-state index contributed by atoms with van der Waals surface area (Å²) in [6.07, 6.45) is 0.961.